The Kier molecular flexibility index (Phi) is 4.70. The number of fused-ring (bicyclic) bond motifs is 4. The van der Waals surface area contributed by atoms with Crippen LogP contribution < -0.4 is 5.32 Å². The highest BCUT2D eigenvalue weighted by atomic mass is 79.9. The van der Waals surface area contributed by atoms with Gasteiger partial charge in [-0.25, -0.2) is 0 Å². The van der Waals surface area contributed by atoms with E-state index < -0.39 is 5.92 Å². The molecule has 3 aromatic rings. The molecule has 0 radical (unpaired) electrons. The van der Waals surface area contributed by atoms with Crippen molar-refractivity contribution >= 4 is 33.4 Å². The molecule has 2 amide bonds. The first-order chi connectivity index (χ1) is 14.5. The van der Waals surface area contributed by atoms with Gasteiger partial charge < -0.3 is 10.2 Å². The Morgan fingerprint density at radius 3 is 2.57 bits per heavy atom. The zero-order valence-electron chi connectivity index (χ0n) is 16.6. The highest BCUT2D eigenvalue weighted by molar-refractivity contribution is 9.10. The summed E-state index contributed by atoms with van der Waals surface area (Å²) in [4.78, 5) is 28.8. The van der Waals surface area contributed by atoms with Crippen LogP contribution in [0.1, 0.15) is 44.6 Å². The van der Waals surface area contributed by atoms with Gasteiger partial charge in [-0.1, -0.05) is 58.4 Å². The molecule has 3 aromatic carbocycles. The zero-order chi connectivity index (χ0) is 20.8. The Morgan fingerprint density at radius 1 is 1.03 bits per heavy atom. The minimum absolute atomic E-state index is 0.00831. The molecule has 0 spiro atoms. The van der Waals surface area contributed by atoms with Crippen LogP contribution in [0.5, 0.6) is 0 Å². The lowest BCUT2D eigenvalue weighted by Gasteiger charge is -2.45. The van der Waals surface area contributed by atoms with Gasteiger partial charge in [0.2, 0.25) is 5.91 Å². The van der Waals surface area contributed by atoms with Crippen LogP contribution in [0.15, 0.2) is 71.2 Å². The number of rotatable bonds is 2. The molecule has 4 nitrogen and oxygen atoms in total. The van der Waals surface area contributed by atoms with Crippen LogP contribution in [-0.4, -0.2) is 23.3 Å². The molecule has 0 saturated carbocycles. The third kappa shape index (κ3) is 3.05. The molecule has 0 saturated heterocycles. The summed E-state index contributed by atoms with van der Waals surface area (Å²) < 4.78 is 0.971. The van der Waals surface area contributed by atoms with Crippen molar-refractivity contribution in [2.45, 2.75) is 25.3 Å². The number of hydrogen-bond donors (Lipinski definition) is 1. The number of anilines is 1. The van der Waals surface area contributed by atoms with Crippen LogP contribution in [-0.2, 0) is 11.2 Å². The summed E-state index contributed by atoms with van der Waals surface area (Å²) in [5.74, 6) is -0.551. The van der Waals surface area contributed by atoms with E-state index in [9.17, 15) is 9.59 Å². The zero-order valence-corrected chi connectivity index (χ0v) is 18.1. The third-order valence-electron chi connectivity index (χ3n) is 6.16. The largest absolute Gasteiger partial charge is 0.330 e. The van der Waals surface area contributed by atoms with Gasteiger partial charge in [0.05, 0.1) is 12.0 Å². The van der Waals surface area contributed by atoms with Gasteiger partial charge in [-0.2, -0.15) is 0 Å². The maximum absolute atomic E-state index is 13.7. The normalized spacial score (nSPS) is 19.5. The lowest BCUT2D eigenvalue weighted by atomic mass is 9.76. The number of carbonyl (C=O) groups excluding carboxylic acids is 2. The van der Waals surface area contributed by atoms with Crippen LogP contribution in [0, 0.1) is 6.92 Å². The molecule has 0 aromatic heterocycles. The number of amides is 2. The summed E-state index contributed by atoms with van der Waals surface area (Å²) in [6.45, 7) is 2.59. The van der Waals surface area contributed by atoms with E-state index in [2.05, 4.69) is 33.4 Å². The van der Waals surface area contributed by atoms with E-state index >= 15 is 0 Å². The molecule has 30 heavy (non-hydrogen) atoms. The molecular weight excluding hydrogens is 440 g/mol. The van der Waals surface area contributed by atoms with Crippen molar-refractivity contribution in [2.24, 2.45) is 0 Å². The van der Waals surface area contributed by atoms with Crippen molar-refractivity contribution in [3.05, 3.63) is 99.0 Å². The smallest absolute Gasteiger partial charge is 0.254 e. The van der Waals surface area contributed by atoms with E-state index in [0.717, 1.165) is 33.3 Å². The molecule has 5 heteroatoms. The third-order valence-corrected chi connectivity index (χ3v) is 6.66. The molecule has 0 aliphatic carbocycles. The van der Waals surface area contributed by atoms with E-state index in [1.165, 1.54) is 5.56 Å². The van der Waals surface area contributed by atoms with Gasteiger partial charge in [0, 0.05) is 22.3 Å². The van der Waals surface area contributed by atoms with Crippen molar-refractivity contribution in [2.75, 3.05) is 11.9 Å². The fraction of sp³-hybridized carbons (Fsp3) is 0.200. The van der Waals surface area contributed by atoms with E-state index in [0.29, 0.717) is 12.1 Å². The predicted molar refractivity (Wildman–Crippen MR) is 121 cm³/mol. The number of carbonyl (C=O) groups is 2. The second kappa shape index (κ2) is 7.40. The van der Waals surface area contributed by atoms with Crippen molar-refractivity contribution in [3.63, 3.8) is 0 Å². The van der Waals surface area contributed by atoms with Crippen molar-refractivity contribution in [1.29, 1.82) is 0 Å². The average molecular weight is 461 g/mol. The molecule has 0 bridgehead atoms. The average Bonchev–Trinajstić information content (AvgIpc) is 2.76. The molecule has 2 atom stereocenters. The molecule has 2 aliphatic rings. The summed E-state index contributed by atoms with van der Waals surface area (Å²) in [5, 5.41) is 3.13. The first kappa shape index (κ1) is 19.1. The van der Waals surface area contributed by atoms with E-state index in [4.69, 9.17) is 0 Å². The Bertz CT molecular complexity index is 1170. The molecule has 5 rings (SSSR count). The molecular formula is C25H21BrN2O2. The second-order valence-corrected chi connectivity index (χ2v) is 8.82. The SMILES string of the molecule is Cc1cc(Br)ccc1NC(=O)[C@H]1c2ccccc2C(=O)N2CCc3ccccc3[C@H]12. The summed E-state index contributed by atoms with van der Waals surface area (Å²) in [7, 11) is 0. The maximum atomic E-state index is 13.7. The summed E-state index contributed by atoms with van der Waals surface area (Å²) in [5.41, 5.74) is 5.48. The van der Waals surface area contributed by atoms with Gasteiger partial charge >= 0.3 is 0 Å². The van der Waals surface area contributed by atoms with Crippen molar-refractivity contribution in [3.8, 4) is 0 Å². The van der Waals surface area contributed by atoms with Crippen molar-refractivity contribution in [1.82, 2.24) is 4.90 Å². The van der Waals surface area contributed by atoms with Crippen molar-refractivity contribution < 1.29 is 9.59 Å². The van der Waals surface area contributed by atoms with Gasteiger partial charge in [-0.3, -0.25) is 9.59 Å². The van der Waals surface area contributed by atoms with E-state index in [1.54, 1.807) is 0 Å². The van der Waals surface area contributed by atoms with Crippen LogP contribution in [0.25, 0.3) is 0 Å². The van der Waals surface area contributed by atoms with Gasteiger partial charge in [-0.05, 0) is 59.9 Å². The van der Waals surface area contributed by atoms with Gasteiger partial charge in [0.1, 0.15) is 0 Å². The van der Waals surface area contributed by atoms with Crippen LogP contribution >= 0.6 is 15.9 Å². The fourth-order valence-electron chi connectivity index (χ4n) is 4.74. The fourth-order valence-corrected chi connectivity index (χ4v) is 5.21. The lowest BCUT2D eigenvalue weighted by molar-refractivity contribution is -0.119. The second-order valence-electron chi connectivity index (χ2n) is 7.91. The number of halogens is 1. The Hall–Kier alpha value is -2.92. The molecule has 1 N–H and O–H groups in total. The predicted octanol–water partition coefficient (Wildman–Crippen LogP) is 5.23. The number of nitrogens with zero attached hydrogens (tertiary/aromatic N) is 1. The number of nitrogens with one attached hydrogen (secondary N) is 1. The number of aryl methyl sites for hydroxylation is 1. The van der Waals surface area contributed by atoms with E-state index in [1.807, 2.05) is 66.4 Å². The van der Waals surface area contributed by atoms with Crippen LogP contribution in [0.3, 0.4) is 0 Å². The summed E-state index contributed by atoms with van der Waals surface area (Å²) >= 11 is 3.47. The molecule has 2 aliphatic heterocycles. The molecule has 150 valence electrons. The molecule has 2 heterocycles. The van der Waals surface area contributed by atoms with Gasteiger partial charge in [-0.15, -0.1) is 0 Å². The molecule has 0 fully saturated rings. The minimum atomic E-state index is -0.469. The van der Waals surface area contributed by atoms with Gasteiger partial charge in [0.25, 0.3) is 5.91 Å². The standard InChI is InChI=1S/C25H21BrN2O2/c1-15-14-17(26)10-11-21(15)27-24(29)22-19-8-4-5-9-20(19)25(30)28-13-12-16-6-2-3-7-18(16)23(22)28/h2-11,14,22-23H,12-13H2,1H3,(H,27,29)/t22-,23+/m0/s1. The molecule has 0 unspecified atom stereocenters. The highest BCUT2D eigenvalue weighted by Crippen LogP contribution is 2.46. The monoisotopic (exact) mass is 460 g/mol. The van der Waals surface area contributed by atoms with E-state index in [-0.39, 0.29) is 17.9 Å². The first-order valence-electron chi connectivity index (χ1n) is 10.1. The highest BCUT2D eigenvalue weighted by Gasteiger charge is 2.46. The van der Waals surface area contributed by atoms with Crippen LogP contribution in [0.4, 0.5) is 5.69 Å². The van der Waals surface area contributed by atoms with Gasteiger partial charge in [0.15, 0.2) is 0 Å². The number of benzene rings is 3. The Labute approximate surface area is 184 Å². The number of hydrogen-bond acceptors (Lipinski definition) is 2. The summed E-state index contributed by atoms with van der Waals surface area (Å²) in [6, 6.07) is 21.2. The van der Waals surface area contributed by atoms with Crippen LogP contribution in [0.2, 0.25) is 0 Å². The maximum Gasteiger partial charge on any atom is 0.254 e. The minimum Gasteiger partial charge on any atom is -0.330 e. The first-order valence-corrected chi connectivity index (χ1v) is 10.9. The lowest BCUT2D eigenvalue weighted by Crippen LogP contribution is -2.49. The Morgan fingerprint density at radius 2 is 1.77 bits per heavy atom. The summed E-state index contributed by atoms with van der Waals surface area (Å²) in [6.07, 6.45) is 0.806. The quantitative estimate of drug-likeness (QED) is 0.568. The Balaban J connectivity index is 1.63. The topological polar surface area (TPSA) is 49.4 Å².